The number of hydrogen-bond acceptors (Lipinski definition) is 3. The number of aliphatic hydroxyl groups excluding tert-OH is 1. The van der Waals surface area contributed by atoms with Crippen molar-refractivity contribution in [3.63, 3.8) is 0 Å². The molecular formula is C11H12FN3O2. The van der Waals surface area contributed by atoms with E-state index in [0.29, 0.717) is 18.4 Å². The maximum absolute atomic E-state index is 13.3. The highest BCUT2D eigenvalue weighted by Crippen LogP contribution is 2.18. The predicted octanol–water partition coefficient (Wildman–Crippen LogP) is 0.814. The minimum atomic E-state index is -0.465. The molecular weight excluding hydrogens is 225 g/mol. The van der Waals surface area contributed by atoms with E-state index in [1.54, 1.807) is 6.07 Å². The number of benzene rings is 1. The number of halogens is 1. The normalized spacial score (nSPS) is 10.7. The maximum atomic E-state index is 13.3. The SMILES string of the molecule is O=C(NCCCO)c1[nH]nc2c(F)cccc12. The van der Waals surface area contributed by atoms with E-state index in [2.05, 4.69) is 15.5 Å². The second-order valence-electron chi connectivity index (χ2n) is 3.57. The van der Waals surface area contributed by atoms with Crippen LogP contribution in [0.1, 0.15) is 16.9 Å². The van der Waals surface area contributed by atoms with Gasteiger partial charge in [-0.05, 0) is 12.5 Å². The van der Waals surface area contributed by atoms with Gasteiger partial charge in [-0.1, -0.05) is 12.1 Å². The molecule has 0 aliphatic rings. The summed E-state index contributed by atoms with van der Waals surface area (Å²) in [5.41, 5.74) is 0.386. The van der Waals surface area contributed by atoms with Gasteiger partial charge < -0.3 is 10.4 Å². The second-order valence-corrected chi connectivity index (χ2v) is 3.57. The van der Waals surface area contributed by atoms with Gasteiger partial charge in [0.1, 0.15) is 11.2 Å². The number of aliphatic hydroxyl groups is 1. The molecule has 0 saturated heterocycles. The lowest BCUT2D eigenvalue weighted by atomic mass is 10.2. The molecule has 2 aromatic rings. The van der Waals surface area contributed by atoms with Crippen LogP contribution in [0.4, 0.5) is 4.39 Å². The van der Waals surface area contributed by atoms with Crippen molar-refractivity contribution in [2.24, 2.45) is 0 Å². The average Bonchev–Trinajstić information content (AvgIpc) is 2.74. The first-order valence-corrected chi connectivity index (χ1v) is 5.25. The molecule has 90 valence electrons. The fraction of sp³-hybridized carbons (Fsp3) is 0.273. The van der Waals surface area contributed by atoms with Crippen LogP contribution in [-0.2, 0) is 0 Å². The summed E-state index contributed by atoms with van der Waals surface area (Å²) in [5.74, 6) is -0.820. The summed E-state index contributed by atoms with van der Waals surface area (Å²) in [4.78, 5) is 11.7. The molecule has 1 aromatic heterocycles. The fourth-order valence-corrected chi connectivity index (χ4v) is 1.55. The molecule has 1 amide bonds. The van der Waals surface area contributed by atoms with E-state index in [0.717, 1.165) is 0 Å². The van der Waals surface area contributed by atoms with E-state index in [4.69, 9.17) is 5.11 Å². The number of carbonyl (C=O) groups is 1. The van der Waals surface area contributed by atoms with Gasteiger partial charge in [0.2, 0.25) is 0 Å². The number of aromatic amines is 1. The van der Waals surface area contributed by atoms with Crippen LogP contribution < -0.4 is 5.32 Å². The van der Waals surface area contributed by atoms with Gasteiger partial charge in [0, 0.05) is 18.5 Å². The summed E-state index contributed by atoms with van der Waals surface area (Å²) in [7, 11) is 0. The van der Waals surface area contributed by atoms with Gasteiger partial charge >= 0.3 is 0 Å². The Kier molecular flexibility index (Phi) is 3.34. The summed E-state index contributed by atoms with van der Waals surface area (Å²) in [5, 5.41) is 17.9. The molecule has 0 atom stereocenters. The number of hydrogen-bond donors (Lipinski definition) is 3. The zero-order valence-electron chi connectivity index (χ0n) is 9.03. The standard InChI is InChI=1S/C11H12FN3O2/c12-8-4-1-3-7-9(8)14-15-10(7)11(17)13-5-2-6-16/h1,3-4,16H,2,5-6H2,(H,13,17)(H,14,15). The molecule has 1 aromatic carbocycles. The lowest BCUT2D eigenvalue weighted by Gasteiger charge is -2.01. The number of fused-ring (bicyclic) bond motifs is 1. The lowest BCUT2D eigenvalue weighted by molar-refractivity contribution is 0.0947. The highest BCUT2D eigenvalue weighted by molar-refractivity contribution is 6.04. The zero-order valence-corrected chi connectivity index (χ0v) is 9.03. The Morgan fingerprint density at radius 3 is 3.12 bits per heavy atom. The Balaban J connectivity index is 2.24. The van der Waals surface area contributed by atoms with Crippen LogP contribution in [0.5, 0.6) is 0 Å². The molecule has 0 radical (unpaired) electrons. The number of para-hydroxylation sites is 1. The Labute approximate surface area is 96.6 Å². The third-order valence-corrected chi connectivity index (χ3v) is 2.38. The van der Waals surface area contributed by atoms with Gasteiger partial charge in [0.15, 0.2) is 5.82 Å². The topological polar surface area (TPSA) is 78.0 Å². The maximum Gasteiger partial charge on any atom is 0.269 e. The highest BCUT2D eigenvalue weighted by Gasteiger charge is 2.14. The minimum absolute atomic E-state index is 0.0125. The van der Waals surface area contributed by atoms with Gasteiger partial charge in [-0.2, -0.15) is 5.10 Å². The van der Waals surface area contributed by atoms with Crippen LogP contribution in [0.3, 0.4) is 0 Å². The van der Waals surface area contributed by atoms with Crippen LogP contribution in [0.15, 0.2) is 18.2 Å². The van der Waals surface area contributed by atoms with Crippen LogP contribution in [0, 0.1) is 5.82 Å². The number of aromatic nitrogens is 2. The van der Waals surface area contributed by atoms with Crippen molar-refractivity contribution in [1.82, 2.24) is 15.5 Å². The first-order valence-electron chi connectivity index (χ1n) is 5.25. The molecule has 2 rings (SSSR count). The molecule has 0 bridgehead atoms. The number of H-pyrrole nitrogens is 1. The van der Waals surface area contributed by atoms with Gasteiger partial charge in [-0.15, -0.1) is 0 Å². The van der Waals surface area contributed by atoms with Crippen LogP contribution >= 0.6 is 0 Å². The molecule has 17 heavy (non-hydrogen) atoms. The van der Waals surface area contributed by atoms with Crippen LogP contribution in [0.25, 0.3) is 10.9 Å². The van der Waals surface area contributed by atoms with Crippen LogP contribution in [-0.4, -0.2) is 34.4 Å². The van der Waals surface area contributed by atoms with Crippen molar-refractivity contribution in [2.45, 2.75) is 6.42 Å². The van der Waals surface area contributed by atoms with E-state index in [-0.39, 0.29) is 23.7 Å². The quantitative estimate of drug-likeness (QED) is 0.689. The molecule has 0 unspecified atom stereocenters. The van der Waals surface area contributed by atoms with Crippen molar-refractivity contribution in [1.29, 1.82) is 0 Å². The highest BCUT2D eigenvalue weighted by atomic mass is 19.1. The summed E-state index contributed by atoms with van der Waals surface area (Å²) < 4.78 is 13.3. The van der Waals surface area contributed by atoms with Gasteiger partial charge in [-0.3, -0.25) is 9.89 Å². The van der Waals surface area contributed by atoms with E-state index < -0.39 is 5.82 Å². The lowest BCUT2D eigenvalue weighted by Crippen LogP contribution is -2.25. The molecule has 3 N–H and O–H groups in total. The summed E-state index contributed by atoms with van der Waals surface area (Å²) in [6, 6.07) is 4.44. The molecule has 0 fully saturated rings. The molecule has 5 nitrogen and oxygen atoms in total. The summed E-state index contributed by atoms with van der Waals surface area (Å²) in [6.07, 6.45) is 0.478. The van der Waals surface area contributed by atoms with Crippen molar-refractivity contribution in [3.05, 3.63) is 29.7 Å². The number of nitrogens with zero attached hydrogens (tertiary/aromatic N) is 1. The molecule has 0 spiro atoms. The van der Waals surface area contributed by atoms with E-state index in [1.807, 2.05) is 0 Å². The first kappa shape index (κ1) is 11.5. The Bertz CT molecular complexity index is 538. The van der Waals surface area contributed by atoms with Crippen molar-refractivity contribution in [2.75, 3.05) is 13.2 Å². The zero-order chi connectivity index (χ0) is 12.3. The average molecular weight is 237 g/mol. The largest absolute Gasteiger partial charge is 0.396 e. The number of carbonyl (C=O) groups excluding carboxylic acids is 1. The smallest absolute Gasteiger partial charge is 0.269 e. The second kappa shape index (κ2) is 4.92. The van der Waals surface area contributed by atoms with Gasteiger partial charge in [0.25, 0.3) is 5.91 Å². The van der Waals surface area contributed by atoms with Gasteiger partial charge in [-0.25, -0.2) is 4.39 Å². The molecule has 6 heteroatoms. The number of nitrogens with one attached hydrogen (secondary N) is 2. The van der Waals surface area contributed by atoms with E-state index >= 15 is 0 Å². The third-order valence-electron chi connectivity index (χ3n) is 2.38. The Morgan fingerprint density at radius 2 is 2.35 bits per heavy atom. The van der Waals surface area contributed by atoms with E-state index in [1.165, 1.54) is 12.1 Å². The number of amides is 1. The monoisotopic (exact) mass is 237 g/mol. The van der Waals surface area contributed by atoms with Crippen molar-refractivity contribution >= 4 is 16.8 Å². The summed E-state index contributed by atoms with van der Waals surface area (Å²) >= 11 is 0. The Morgan fingerprint density at radius 1 is 1.53 bits per heavy atom. The van der Waals surface area contributed by atoms with Crippen molar-refractivity contribution < 1.29 is 14.3 Å². The molecule has 1 heterocycles. The van der Waals surface area contributed by atoms with Gasteiger partial charge in [0.05, 0.1) is 0 Å². The molecule has 0 aliphatic carbocycles. The number of rotatable bonds is 4. The predicted molar refractivity (Wildman–Crippen MR) is 60.1 cm³/mol. The Hall–Kier alpha value is -1.95. The fourth-order valence-electron chi connectivity index (χ4n) is 1.55. The molecule has 0 aliphatic heterocycles. The van der Waals surface area contributed by atoms with E-state index in [9.17, 15) is 9.18 Å². The minimum Gasteiger partial charge on any atom is -0.396 e. The first-order chi connectivity index (χ1) is 8.24. The molecule has 0 saturated carbocycles. The van der Waals surface area contributed by atoms with Crippen LogP contribution in [0.2, 0.25) is 0 Å². The third kappa shape index (κ3) is 2.26. The van der Waals surface area contributed by atoms with Crippen molar-refractivity contribution in [3.8, 4) is 0 Å². The summed E-state index contributed by atoms with van der Waals surface area (Å²) in [6.45, 7) is 0.379.